The van der Waals surface area contributed by atoms with E-state index in [1.165, 1.54) is 0 Å². The Hall–Kier alpha value is -0.640. The SMILES string of the molecule is OCC1CCCN1Cc1cc(Cl)ccn1. The molecule has 2 heterocycles. The van der Waals surface area contributed by atoms with Gasteiger partial charge in [0, 0.05) is 23.8 Å². The molecule has 0 amide bonds. The first-order valence-electron chi connectivity index (χ1n) is 5.25. The minimum atomic E-state index is 0.237. The van der Waals surface area contributed by atoms with Crippen molar-refractivity contribution in [1.29, 1.82) is 0 Å². The van der Waals surface area contributed by atoms with Gasteiger partial charge in [0.05, 0.1) is 12.3 Å². The summed E-state index contributed by atoms with van der Waals surface area (Å²) in [6.45, 7) is 2.06. The number of aromatic nitrogens is 1. The van der Waals surface area contributed by atoms with Crippen LogP contribution in [0.2, 0.25) is 5.02 Å². The standard InChI is InChI=1S/C11H15ClN2O/c12-9-3-4-13-10(6-9)7-14-5-1-2-11(14)8-15/h3-4,6,11,15H,1-2,5,7-8H2. The highest BCUT2D eigenvalue weighted by molar-refractivity contribution is 6.30. The molecule has 1 aromatic heterocycles. The van der Waals surface area contributed by atoms with Crippen molar-refractivity contribution in [1.82, 2.24) is 9.88 Å². The van der Waals surface area contributed by atoms with E-state index in [1.54, 1.807) is 12.3 Å². The highest BCUT2D eigenvalue weighted by Crippen LogP contribution is 2.19. The van der Waals surface area contributed by atoms with Crippen LogP contribution in [-0.2, 0) is 6.54 Å². The molecular weight excluding hydrogens is 212 g/mol. The predicted molar refractivity (Wildman–Crippen MR) is 59.8 cm³/mol. The van der Waals surface area contributed by atoms with Gasteiger partial charge in [0.2, 0.25) is 0 Å². The molecule has 1 aliphatic rings. The fraction of sp³-hybridized carbons (Fsp3) is 0.545. The van der Waals surface area contributed by atoms with Crippen molar-refractivity contribution in [2.75, 3.05) is 13.2 Å². The Balaban J connectivity index is 2.02. The molecular formula is C11H15ClN2O. The number of aliphatic hydroxyl groups excluding tert-OH is 1. The summed E-state index contributed by atoms with van der Waals surface area (Å²) >= 11 is 5.89. The van der Waals surface area contributed by atoms with Gasteiger partial charge in [0.1, 0.15) is 0 Å². The lowest BCUT2D eigenvalue weighted by atomic mass is 10.2. The van der Waals surface area contributed by atoms with E-state index in [9.17, 15) is 5.11 Å². The van der Waals surface area contributed by atoms with Gasteiger partial charge in [-0.3, -0.25) is 9.88 Å². The summed E-state index contributed by atoms with van der Waals surface area (Å²) in [7, 11) is 0. The molecule has 4 heteroatoms. The molecule has 1 saturated heterocycles. The van der Waals surface area contributed by atoms with Gasteiger partial charge in [-0.15, -0.1) is 0 Å². The summed E-state index contributed by atoms with van der Waals surface area (Å²) in [4.78, 5) is 6.53. The first-order valence-corrected chi connectivity index (χ1v) is 5.63. The maximum atomic E-state index is 9.18. The number of aliphatic hydroxyl groups is 1. The van der Waals surface area contributed by atoms with Crippen molar-refractivity contribution in [3.63, 3.8) is 0 Å². The Morgan fingerprint density at radius 2 is 2.47 bits per heavy atom. The molecule has 1 fully saturated rings. The second-order valence-corrected chi connectivity index (χ2v) is 4.35. The van der Waals surface area contributed by atoms with Crippen molar-refractivity contribution >= 4 is 11.6 Å². The van der Waals surface area contributed by atoms with Crippen LogP contribution >= 0.6 is 11.6 Å². The van der Waals surface area contributed by atoms with Crippen LogP contribution in [0, 0.1) is 0 Å². The van der Waals surface area contributed by atoms with Gasteiger partial charge in [-0.05, 0) is 31.5 Å². The van der Waals surface area contributed by atoms with E-state index in [2.05, 4.69) is 9.88 Å². The zero-order chi connectivity index (χ0) is 10.7. The predicted octanol–water partition coefficient (Wildman–Crippen LogP) is 1.69. The maximum absolute atomic E-state index is 9.18. The van der Waals surface area contributed by atoms with Crippen molar-refractivity contribution in [3.8, 4) is 0 Å². The molecule has 0 aromatic carbocycles. The smallest absolute Gasteiger partial charge is 0.0587 e. The van der Waals surface area contributed by atoms with Gasteiger partial charge in [-0.25, -0.2) is 0 Å². The second kappa shape index (κ2) is 4.92. The number of nitrogens with zero attached hydrogens (tertiary/aromatic N) is 2. The van der Waals surface area contributed by atoms with E-state index in [4.69, 9.17) is 11.6 Å². The van der Waals surface area contributed by atoms with Crippen LogP contribution < -0.4 is 0 Å². The summed E-state index contributed by atoms with van der Waals surface area (Å²) in [6.07, 6.45) is 3.96. The van der Waals surface area contributed by atoms with Crippen molar-refractivity contribution in [2.45, 2.75) is 25.4 Å². The lowest BCUT2D eigenvalue weighted by molar-refractivity contribution is 0.152. The fourth-order valence-corrected chi connectivity index (χ4v) is 2.24. The van der Waals surface area contributed by atoms with Crippen molar-refractivity contribution < 1.29 is 5.11 Å². The largest absolute Gasteiger partial charge is 0.395 e. The van der Waals surface area contributed by atoms with Crippen LogP contribution in [0.5, 0.6) is 0 Å². The molecule has 3 nitrogen and oxygen atoms in total. The van der Waals surface area contributed by atoms with Crippen molar-refractivity contribution in [3.05, 3.63) is 29.0 Å². The lowest BCUT2D eigenvalue weighted by Gasteiger charge is -2.21. The first kappa shape index (κ1) is 10.9. The van der Waals surface area contributed by atoms with E-state index in [-0.39, 0.29) is 6.61 Å². The molecule has 15 heavy (non-hydrogen) atoms. The highest BCUT2D eigenvalue weighted by Gasteiger charge is 2.23. The molecule has 1 aromatic rings. The van der Waals surface area contributed by atoms with Crippen LogP contribution in [0.25, 0.3) is 0 Å². The van der Waals surface area contributed by atoms with Crippen LogP contribution in [-0.4, -0.2) is 34.2 Å². The van der Waals surface area contributed by atoms with Crippen LogP contribution in [0.15, 0.2) is 18.3 Å². The molecule has 1 unspecified atom stereocenters. The Bertz CT molecular complexity index is 332. The molecule has 0 saturated carbocycles. The molecule has 1 aliphatic heterocycles. The summed E-state index contributed by atoms with van der Waals surface area (Å²) in [5.41, 5.74) is 0.975. The topological polar surface area (TPSA) is 36.4 Å². The number of pyridine rings is 1. The quantitative estimate of drug-likeness (QED) is 0.852. The zero-order valence-corrected chi connectivity index (χ0v) is 9.32. The number of rotatable bonds is 3. The van der Waals surface area contributed by atoms with Gasteiger partial charge >= 0.3 is 0 Å². The van der Waals surface area contributed by atoms with E-state index >= 15 is 0 Å². The fourth-order valence-electron chi connectivity index (χ4n) is 2.05. The number of halogens is 1. The zero-order valence-electron chi connectivity index (χ0n) is 8.56. The number of hydrogen-bond acceptors (Lipinski definition) is 3. The Kier molecular flexibility index (Phi) is 3.57. The average molecular weight is 227 g/mol. The minimum Gasteiger partial charge on any atom is -0.395 e. The summed E-state index contributed by atoms with van der Waals surface area (Å²) in [5, 5.41) is 9.90. The minimum absolute atomic E-state index is 0.237. The van der Waals surface area contributed by atoms with Crippen LogP contribution in [0.1, 0.15) is 18.5 Å². The van der Waals surface area contributed by atoms with E-state index in [0.717, 1.165) is 36.6 Å². The monoisotopic (exact) mass is 226 g/mol. The first-order chi connectivity index (χ1) is 7.29. The van der Waals surface area contributed by atoms with Gasteiger partial charge in [0.15, 0.2) is 0 Å². The van der Waals surface area contributed by atoms with Gasteiger partial charge in [-0.2, -0.15) is 0 Å². The van der Waals surface area contributed by atoms with Gasteiger partial charge in [-0.1, -0.05) is 11.6 Å². The summed E-state index contributed by atoms with van der Waals surface area (Å²) < 4.78 is 0. The van der Waals surface area contributed by atoms with Crippen molar-refractivity contribution in [2.24, 2.45) is 0 Å². The highest BCUT2D eigenvalue weighted by atomic mass is 35.5. The molecule has 0 bridgehead atoms. The third-order valence-corrected chi connectivity index (χ3v) is 3.09. The summed E-state index contributed by atoms with van der Waals surface area (Å²) in [6, 6.07) is 3.96. The Morgan fingerprint density at radius 3 is 3.20 bits per heavy atom. The Labute approximate surface area is 94.7 Å². The third kappa shape index (κ3) is 2.68. The molecule has 0 radical (unpaired) electrons. The number of likely N-dealkylation sites (tertiary alicyclic amines) is 1. The molecule has 0 aliphatic carbocycles. The van der Waals surface area contributed by atoms with Crippen LogP contribution in [0.3, 0.4) is 0 Å². The second-order valence-electron chi connectivity index (χ2n) is 3.91. The third-order valence-electron chi connectivity index (χ3n) is 2.85. The van der Waals surface area contributed by atoms with E-state index in [0.29, 0.717) is 6.04 Å². The average Bonchev–Trinajstić information content (AvgIpc) is 2.65. The molecule has 1 N–H and O–H groups in total. The molecule has 82 valence electrons. The lowest BCUT2D eigenvalue weighted by Crippen LogP contribution is -2.31. The number of hydrogen-bond donors (Lipinski definition) is 1. The van der Waals surface area contributed by atoms with E-state index < -0.39 is 0 Å². The van der Waals surface area contributed by atoms with Gasteiger partial charge < -0.3 is 5.11 Å². The molecule has 1 atom stereocenters. The molecule has 2 rings (SSSR count). The Morgan fingerprint density at radius 1 is 1.60 bits per heavy atom. The summed E-state index contributed by atoms with van der Waals surface area (Å²) in [5.74, 6) is 0. The maximum Gasteiger partial charge on any atom is 0.0587 e. The van der Waals surface area contributed by atoms with Crippen LogP contribution in [0.4, 0.5) is 0 Å². The normalized spacial score (nSPS) is 22.1. The van der Waals surface area contributed by atoms with Gasteiger partial charge in [0.25, 0.3) is 0 Å². The molecule has 0 spiro atoms. The van der Waals surface area contributed by atoms with E-state index in [1.807, 2.05) is 6.07 Å².